The summed E-state index contributed by atoms with van der Waals surface area (Å²) in [5.41, 5.74) is 3.87. The van der Waals surface area contributed by atoms with Crippen LogP contribution in [0.4, 0.5) is 4.39 Å². The standard InChI is InChI=1S/C29H45F/c1-3-5-7-9-22-10-12-24-18-26(15-14-23(24)16-22)28-19-25-13-11-21(8-6-4-2)17-27(25)20-29(28)30/h19-24,26H,3-18H2,1-2H3. The topological polar surface area (TPSA) is 0 Å². The molecule has 30 heavy (non-hydrogen) atoms. The summed E-state index contributed by atoms with van der Waals surface area (Å²) in [5.74, 6) is 4.15. The van der Waals surface area contributed by atoms with Crippen molar-refractivity contribution in [1.82, 2.24) is 0 Å². The Balaban J connectivity index is 1.36. The van der Waals surface area contributed by atoms with E-state index in [4.69, 9.17) is 0 Å². The van der Waals surface area contributed by atoms with Gasteiger partial charge in [-0.2, -0.15) is 0 Å². The molecule has 3 aliphatic rings. The van der Waals surface area contributed by atoms with Gasteiger partial charge in [-0.25, -0.2) is 4.39 Å². The van der Waals surface area contributed by atoms with Gasteiger partial charge in [0.15, 0.2) is 0 Å². The van der Waals surface area contributed by atoms with Gasteiger partial charge in [-0.3, -0.25) is 0 Å². The number of rotatable bonds is 8. The molecule has 5 atom stereocenters. The fraction of sp³-hybridized carbons (Fsp3) is 0.793. The monoisotopic (exact) mass is 412 g/mol. The number of hydrogen-bond acceptors (Lipinski definition) is 0. The summed E-state index contributed by atoms with van der Waals surface area (Å²) in [4.78, 5) is 0. The Kier molecular flexibility index (Phi) is 7.93. The lowest BCUT2D eigenvalue weighted by Gasteiger charge is -2.42. The highest BCUT2D eigenvalue weighted by atomic mass is 19.1. The minimum atomic E-state index is 0.113. The van der Waals surface area contributed by atoms with Gasteiger partial charge in [0.1, 0.15) is 5.82 Å². The molecule has 0 heterocycles. The average molecular weight is 413 g/mol. The molecule has 0 radical (unpaired) electrons. The summed E-state index contributed by atoms with van der Waals surface area (Å²) in [6, 6.07) is 4.25. The van der Waals surface area contributed by atoms with Gasteiger partial charge >= 0.3 is 0 Å². The van der Waals surface area contributed by atoms with Crippen LogP contribution >= 0.6 is 0 Å². The predicted octanol–water partition coefficient (Wildman–Crippen LogP) is 9.00. The summed E-state index contributed by atoms with van der Waals surface area (Å²) < 4.78 is 15.2. The Morgan fingerprint density at radius 1 is 0.767 bits per heavy atom. The average Bonchev–Trinajstić information content (AvgIpc) is 2.77. The molecule has 0 bridgehead atoms. The van der Waals surface area contributed by atoms with Crippen LogP contribution in [0.15, 0.2) is 12.1 Å². The van der Waals surface area contributed by atoms with Crippen LogP contribution < -0.4 is 0 Å². The maximum atomic E-state index is 15.2. The normalized spacial score (nSPS) is 31.2. The fourth-order valence-electron chi connectivity index (χ4n) is 7.14. The predicted molar refractivity (Wildman–Crippen MR) is 126 cm³/mol. The molecule has 0 amide bonds. The van der Waals surface area contributed by atoms with E-state index in [1.165, 1.54) is 107 Å². The molecule has 0 spiro atoms. The van der Waals surface area contributed by atoms with Crippen molar-refractivity contribution in [3.05, 3.63) is 34.6 Å². The fourth-order valence-corrected chi connectivity index (χ4v) is 7.14. The van der Waals surface area contributed by atoms with Crippen LogP contribution in [0.5, 0.6) is 0 Å². The van der Waals surface area contributed by atoms with Crippen molar-refractivity contribution in [2.24, 2.45) is 23.7 Å². The van der Waals surface area contributed by atoms with E-state index in [0.717, 1.165) is 35.7 Å². The SMILES string of the molecule is CCCCCC1CCC2CC(c3cc4c(cc3F)CC(CCCC)CC4)CCC2C1. The van der Waals surface area contributed by atoms with E-state index in [9.17, 15) is 0 Å². The van der Waals surface area contributed by atoms with Crippen LogP contribution in [0.1, 0.15) is 126 Å². The largest absolute Gasteiger partial charge is 0.207 e. The quantitative estimate of drug-likeness (QED) is 0.374. The number of halogens is 1. The molecular formula is C29H45F. The number of aryl methyl sites for hydroxylation is 1. The number of unbranched alkanes of at least 4 members (excludes halogenated alkanes) is 3. The minimum absolute atomic E-state index is 0.113. The summed E-state index contributed by atoms with van der Waals surface area (Å²) in [6.07, 6.45) is 21.3. The van der Waals surface area contributed by atoms with Crippen molar-refractivity contribution in [3.63, 3.8) is 0 Å². The van der Waals surface area contributed by atoms with Crippen molar-refractivity contribution in [2.75, 3.05) is 0 Å². The van der Waals surface area contributed by atoms with Gasteiger partial charge in [-0.1, -0.05) is 71.3 Å². The molecule has 0 aliphatic heterocycles. The molecule has 1 aromatic carbocycles. The highest BCUT2D eigenvalue weighted by Crippen LogP contribution is 2.49. The van der Waals surface area contributed by atoms with Crippen molar-refractivity contribution < 1.29 is 4.39 Å². The molecule has 168 valence electrons. The zero-order valence-corrected chi connectivity index (χ0v) is 19.7. The molecule has 5 unspecified atom stereocenters. The first-order valence-electron chi connectivity index (χ1n) is 13.5. The van der Waals surface area contributed by atoms with E-state index in [1.54, 1.807) is 0 Å². The van der Waals surface area contributed by atoms with E-state index in [2.05, 4.69) is 19.9 Å². The highest BCUT2D eigenvalue weighted by molar-refractivity contribution is 5.37. The number of fused-ring (bicyclic) bond motifs is 2. The van der Waals surface area contributed by atoms with Crippen molar-refractivity contribution in [1.29, 1.82) is 0 Å². The lowest BCUT2D eigenvalue weighted by molar-refractivity contribution is 0.112. The van der Waals surface area contributed by atoms with Gasteiger partial charge in [0.25, 0.3) is 0 Å². The van der Waals surface area contributed by atoms with Gasteiger partial charge < -0.3 is 0 Å². The first-order chi connectivity index (χ1) is 14.7. The van der Waals surface area contributed by atoms with E-state index in [1.807, 2.05) is 6.07 Å². The number of hydrogen-bond donors (Lipinski definition) is 0. The van der Waals surface area contributed by atoms with Crippen LogP contribution in [0.2, 0.25) is 0 Å². The Labute approximate surface area is 185 Å². The molecule has 1 aromatic rings. The molecule has 0 saturated heterocycles. The van der Waals surface area contributed by atoms with Crippen LogP contribution in [0.25, 0.3) is 0 Å². The first kappa shape index (κ1) is 22.3. The lowest BCUT2D eigenvalue weighted by Crippen LogP contribution is -2.31. The molecule has 0 nitrogen and oxygen atoms in total. The smallest absolute Gasteiger partial charge is 0.126 e. The van der Waals surface area contributed by atoms with E-state index in [-0.39, 0.29) is 5.82 Å². The van der Waals surface area contributed by atoms with Crippen LogP contribution in [0.3, 0.4) is 0 Å². The van der Waals surface area contributed by atoms with Crippen LogP contribution in [-0.4, -0.2) is 0 Å². The van der Waals surface area contributed by atoms with Gasteiger partial charge in [-0.05, 0) is 104 Å². The minimum Gasteiger partial charge on any atom is -0.207 e. The summed E-state index contributed by atoms with van der Waals surface area (Å²) in [7, 11) is 0. The Bertz CT molecular complexity index is 677. The third-order valence-corrected chi connectivity index (χ3v) is 8.99. The van der Waals surface area contributed by atoms with Gasteiger partial charge in [0.05, 0.1) is 0 Å². The lowest BCUT2D eigenvalue weighted by atomic mass is 9.63. The molecule has 2 saturated carbocycles. The molecule has 4 rings (SSSR count). The Hall–Kier alpha value is -0.850. The third-order valence-electron chi connectivity index (χ3n) is 8.99. The molecule has 0 N–H and O–H groups in total. The second-order valence-corrected chi connectivity index (χ2v) is 11.1. The van der Waals surface area contributed by atoms with Gasteiger partial charge in [0.2, 0.25) is 0 Å². The molecular weight excluding hydrogens is 367 g/mol. The van der Waals surface area contributed by atoms with E-state index < -0.39 is 0 Å². The van der Waals surface area contributed by atoms with Crippen molar-refractivity contribution in [2.45, 2.75) is 122 Å². The molecule has 2 fully saturated rings. The molecule has 0 aromatic heterocycles. The second kappa shape index (κ2) is 10.6. The maximum Gasteiger partial charge on any atom is 0.126 e. The van der Waals surface area contributed by atoms with Crippen molar-refractivity contribution in [3.8, 4) is 0 Å². The Morgan fingerprint density at radius 2 is 1.53 bits per heavy atom. The molecule has 3 aliphatic carbocycles. The summed E-state index contributed by atoms with van der Waals surface area (Å²) in [6.45, 7) is 4.58. The van der Waals surface area contributed by atoms with Crippen LogP contribution in [-0.2, 0) is 12.8 Å². The second-order valence-electron chi connectivity index (χ2n) is 11.1. The van der Waals surface area contributed by atoms with Gasteiger partial charge in [-0.15, -0.1) is 0 Å². The van der Waals surface area contributed by atoms with Crippen LogP contribution in [0, 0.1) is 29.5 Å². The van der Waals surface area contributed by atoms with E-state index in [0.29, 0.717) is 5.92 Å². The number of benzene rings is 1. The zero-order chi connectivity index (χ0) is 20.9. The maximum absolute atomic E-state index is 15.2. The summed E-state index contributed by atoms with van der Waals surface area (Å²) >= 11 is 0. The third kappa shape index (κ3) is 5.31. The summed E-state index contributed by atoms with van der Waals surface area (Å²) in [5, 5.41) is 0. The van der Waals surface area contributed by atoms with Gasteiger partial charge in [0, 0.05) is 0 Å². The van der Waals surface area contributed by atoms with Crippen molar-refractivity contribution >= 4 is 0 Å². The Morgan fingerprint density at radius 3 is 2.37 bits per heavy atom. The first-order valence-corrected chi connectivity index (χ1v) is 13.5. The molecule has 1 heteroatoms. The van der Waals surface area contributed by atoms with E-state index >= 15 is 4.39 Å². The highest BCUT2D eigenvalue weighted by Gasteiger charge is 2.36. The zero-order valence-electron chi connectivity index (χ0n) is 19.7.